The van der Waals surface area contributed by atoms with Crippen molar-refractivity contribution in [2.75, 3.05) is 6.61 Å². The van der Waals surface area contributed by atoms with Crippen LogP contribution in [0.5, 0.6) is 0 Å². The van der Waals surface area contributed by atoms with Gasteiger partial charge in [0.2, 0.25) is 0 Å². The molecule has 5 heteroatoms. The lowest BCUT2D eigenvalue weighted by molar-refractivity contribution is -0.146. The fourth-order valence-corrected chi connectivity index (χ4v) is 3.47. The smallest absolute Gasteiger partial charge is 0.328 e. The Balaban J connectivity index is 2.34. The molecule has 0 aromatic heterocycles. The van der Waals surface area contributed by atoms with Crippen molar-refractivity contribution in [1.29, 1.82) is 0 Å². The molecular weight excluding hydrogens is 386 g/mol. The number of carbonyl (C=O) groups excluding carboxylic acids is 2. The fourth-order valence-electron chi connectivity index (χ4n) is 3.25. The summed E-state index contributed by atoms with van der Waals surface area (Å²) in [4.78, 5) is 25.0. The van der Waals surface area contributed by atoms with Gasteiger partial charge in [-0.1, -0.05) is 95.9 Å². The summed E-state index contributed by atoms with van der Waals surface area (Å²) in [6, 6.07) is 6.18. The van der Waals surface area contributed by atoms with E-state index in [4.69, 9.17) is 16.3 Å². The Labute approximate surface area is 181 Å². The second kappa shape index (κ2) is 15.3. The zero-order valence-corrected chi connectivity index (χ0v) is 19.1. The van der Waals surface area contributed by atoms with E-state index in [2.05, 4.69) is 12.2 Å². The molecule has 0 fully saturated rings. The van der Waals surface area contributed by atoms with Crippen molar-refractivity contribution in [3.63, 3.8) is 0 Å². The molecule has 1 unspecified atom stereocenters. The number of hydrogen-bond acceptors (Lipinski definition) is 3. The summed E-state index contributed by atoms with van der Waals surface area (Å²) in [5.41, 5.74) is 0.370. The van der Waals surface area contributed by atoms with Crippen LogP contribution in [0.3, 0.4) is 0 Å². The number of halogens is 1. The highest BCUT2D eigenvalue weighted by Gasteiger charge is 2.24. The van der Waals surface area contributed by atoms with E-state index in [-0.39, 0.29) is 17.8 Å². The van der Waals surface area contributed by atoms with Crippen LogP contribution in [-0.4, -0.2) is 24.5 Å². The van der Waals surface area contributed by atoms with Gasteiger partial charge in [-0.3, -0.25) is 4.79 Å². The topological polar surface area (TPSA) is 55.4 Å². The first-order chi connectivity index (χ1) is 14.0. The predicted molar refractivity (Wildman–Crippen MR) is 120 cm³/mol. The minimum absolute atomic E-state index is 0.256. The van der Waals surface area contributed by atoms with E-state index >= 15 is 0 Å². The van der Waals surface area contributed by atoms with E-state index in [9.17, 15) is 9.59 Å². The van der Waals surface area contributed by atoms with Crippen LogP contribution in [0.15, 0.2) is 24.3 Å². The largest absolute Gasteiger partial charge is 0.464 e. The van der Waals surface area contributed by atoms with Gasteiger partial charge in [-0.2, -0.15) is 0 Å². The van der Waals surface area contributed by atoms with Crippen LogP contribution in [-0.2, 0) is 9.53 Å². The fraction of sp³-hybridized carbons (Fsp3) is 0.667. The number of esters is 1. The number of benzene rings is 1. The number of nitrogens with one attached hydrogen (secondary N) is 1. The van der Waals surface area contributed by atoms with Gasteiger partial charge in [0.15, 0.2) is 0 Å². The monoisotopic (exact) mass is 423 g/mol. The first-order valence-electron chi connectivity index (χ1n) is 11.2. The molecule has 0 aliphatic carbocycles. The maximum atomic E-state index is 12.5. The van der Waals surface area contributed by atoms with Crippen molar-refractivity contribution in [3.05, 3.63) is 34.9 Å². The molecule has 1 N–H and O–H groups in total. The minimum atomic E-state index is -0.655. The molecule has 1 aromatic rings. The van der Waals surface area contributed by atoms with Gasteiger partial charge in [0, 0.05) is 0 Å². The highest BCUT2D eigenvalue weighted by atomic mass is 35.5. The van der Waals surface area contributed by atoms with Crippen LogP contribution in [0.1, 0.15) is 95.3 Å². The third kappa shape index (κ3) is 11.3. The summed E-state index contributed by atoms with van der Waals surface area (Å²) in [5.74, 6) is -0.452. The Morgan fingerprint density at radius 3 is 2.14 bits per heavy atom. The summed E-state index contributed by atoms with van der Waals surface area (Å²) >= 11 is 6.09. The Morgan fingerprint density at radius 1 is 0.966 bits per heavy atom. The van der Waals surface area contributed by atoms with Crippen molar-refractivity contribution < 1.29 is 14.3 Å². The van der Waals surface area contributed by atoms with E-state index in [1.165, 1.54) is 44.9 Å². The lowest BCUT2D eigenvalue weighted by Crippen LogP contribution is -2.42. The third-order valence-electron chi connectivity index (χ3n) is 4.91. The molecule has 0 saturated carbocycles. The summed E-state index contributed by atoms with van der Waals surface area (Å²) in [6.45, 7) is 6.67. The molecule has 1 amide bonds. The average Bonchev–Trinajstić information content (AvgIpc) is 2.68. The van der Waals surface area contributed by atoms with Crippen molar-refractivity contribution in [2.24, 2.45) is 5.92 Å². The number of unbranched alkanes of at least 4 members (excludes halogenated alkanes) is 8. The van der Waals surface area contributed by atoms with Crippen molar-refractivity contribution in [3.8, 4) is 0 Å². The molecule has 0 aliphatic heterocycles. The molecule has 0 heterocycles. The number of carbonyl (C=O) groups is 2. The number of amides is 1. The highest BCUT2D eigenvalue weighted by molar-refractivity contribution is 6.33. The van der Waals surface area contributed by atoms with Crippen molar-refractivity contribution in [1.82, 2.24) is 5.32 Å². The molecular formula is C24H38ClNO3. The Hall–Kier alpha value is -1.55. The molecule has 164 valence electrons. The second-order valence-electron chi connectivity index (χ2n) is 8.13. The molecule has 4 nitrogen and oxygen atoms in total. The van der Waals surface area contributed by atoms with E-state index < -0.39 is 6.04 Å². The molecule has 0 saturated heterocycles. The van der Waals surface area contributed by atoms with Gasteiger partial charge in [0.1, 0.15) is 6.04 Å². The molecule has 1 rings (SSSR count). The van der Waals surface area contributed by atoms with Gasteiger partial charge in [-0.05, 0) is 30.9 Å². The average molecular weight is 424 g/mol. The first kappa shape index (κ1) is 25.5. The molecule has 29 heavy (non-hydrogen) atoms. The van der Waals surface area contributed by atoms with Gasteiger partial charge < -0.3 is 10.1 Å². The van der Waals surface area contributed by atoms with Gasteiger partial charge in [-0.15, -0.1) is 0 Å². The maximum Gasteiger partial charge on any atom is 0.328 e. The van der Waals surface area contributed by atoms with Gasteiger partial charge in [0.25, 0.3) is 5.91 Å². The Morgan fingerprint density at radius 2 is 1.55 bits per heavy atom. The van der Waals surface area contributed by atoms with Crippen LogP contribution in [0.2, 0.25) is 5.02 Å². The maximum absolute atomic E-state index is 12.5. The zero-order chi connectivity index (χ0) is 21.5. The predicted octanol–water partition coefficient (Wildman–Crippen LogP) is 6.56. The summed E-state index contributed by atoms with van der Waals surface area (Å²) < 4.78 is 5.45. The quantitative estimate of drug-likeness (QED) is 0.256. The molecule has 0 aliphatic rings. The van der Waals surface area contributed by atoms with Crippen molar-refractivity contribution in [2.45, 2.75) is 91.0 Å². The van der Waals surface area contributed by atoms with E-state index in [0.29, 0.717) is 23.6 Å². The number of rotatable bonds is 15. The number of hydrogen-bond donors (Lipinski definition) is 1. The van der Waals surface area contributed by atoms with Gasteiger partial charge in [0.05, 0.1) is 17.2 Å². The van der Waals surface area contributed by atoms with E-state index in [1.807, 2.05) is 13.8 Å². The summed E-state index contributed by atoms with van der Waals surface area (Å²) in [5, 5.41) is 3.16. The van der Waals surface area contributed by atoms with Crippen LogP contribution < -0.4 is 5.32 Å². The molecule has 0 spiro atoms. The molecule has 0 bridgehead atoms. The number of ether oxygens (including phenoxy) is 1. The molecule has 0 radical (unpaired) electrons. The summed E-state index contributed by atoms with van der Waals surface area (Å²) in [7, 11) is 0. The lowest BCUT2D eigenvalue weighted by Gasteiger charge is -2.19. The van der Waals surface area contributed by atoms with E-state index in [1.54, 1.807) is 24.3 Å². The van der Waals surface area contributed by atoms with E-state index in [0.717, 1.165) is 12.8 Å². The molecule has 1 aromatic carbocycles. The highest BCUT2D eigenvalue weighted by Crippen LogP contribution is 2.16. The van der Waals surface area contributed by atoms with Crippen LogP contribution in [0.4, 0.5) is 0 Å². The van der Waals surface area contributed by atoms with Gasteiger partial charge in [-0.25, -0.2) is 4.79 Å². The van der Waals surface area contributed by atoms with Crippen LogP contribution in [0.25, 0.3) is 0 Å². The molecule has 1 atom stereocenters. The lowest BCUT2D eigenvalue weighted by atomic mass is 10.0. The Kier molecular flexibility index (Phi) is 13.5. The SMILES string of the molecule is CCCCCCCCCCCOC(=O)C(CC(C)C)NC(=O)c1ccccc1Cl. The first-order valence-corrected chi connectivity index (χ1v) is 11.6. The second-order valence-corrected chi connectivity index (χ2v) is 8.54. The summed E-state index contributed by atoms with van der Waals surface area (Å²) in [6.07, 6.45) is 11.5. The van der Waals surface area contributed by atoms with Crippen molar-refractivity contribution >= 4 is 23.5 Å². The minimum Gasteiger partial charge on any atom is -0.464 e. The normalized spacial score (nSPS) is 12.0. The zero-order valence-electron chi connectivity index (χ0n) is 18.3. The van der Waals surface area contributed by atoms with Crippen LogP contribution in [0, 0.1) is 5.92 Å². The Bertz CT molecular complexity index is 604. The third-order valence-corrected chi connectivity index (χ3v) is 5.24. The standard InChI is InChI=1S/C24H38ClNO3/c1-4-5-6-7-8-9-10-11-14-17-29-24(28)22(18-19(2)3)26-23(27)20-15-12-13-16-21(20)25/h12-13,15-16,19,22H,4-11,14,17-18H2,1-3H3,(H,26,27). The van der Waals surface area contributed by atoms with Gasteiger partial charge >= 0.3 is 5.97 Å². The van der Waals surface area contributed by atoms with Crippen LogP contribution >= 0.6 is 11.6 Å².